The van der Waals surface area contributed by atoms with E-state index in [4.69, 9.17) is 9.47 Å². The molecule has 29 heavy (non-hydrogen) atoms. The summed E-state index contributed by atoms with van der Waals surface area (Å²) in [6.45, 7) is 8.39. The third kappa shape index (κ3) is 4.68. The van der Waals surface area contributed by atoms with Crippen molar-refractivity contribution >= 4 is 5.69 Å². The molecule has 2 fully saturated rings. The summed E-state index contributed by atoms with van der Waals surface area (Å²) in [6, 6.07) is 17.9. The zero-order chi connectivity index (χ0) is 20.1. The van der Waals surface area contributed by atoms with Gasteiger partial charge in [0, 0.05) is 18.5 Å². The standard InChI is InChI=1S/C24H33N3O2/c1-28-23-10-6-7-20(24(23)29-2)19-25-13-11-22(12-14-25)27-17-15-26(16-18-27)21-8-4-3-5-9-21/h3-10,22H,11-19H2,1-2H3/p+2. The van der Waals surface area contributed by atoms with Crippen LogP contribution >= 0.6 is 0 Å². The fourth-order valence-corrected chi connectivity index (χ4v) is 5.07. The summed E-state index contributed by atoms with van der Waals surface area (Å²) in [5.41, 5.74) is 2.63. The molecule has 2 aliphatic heterocycles. The van der Waals surface area contributed by atoms with E-state index in [1.807, 2.05) is 11.0 Å². The van der Waals surface area contributed by atoms with E-state index in [9.17, 15) is 0 Å². The Morgan fingerprint density at radius 1 is 0.862 bits per heavy atom. The number of para-hydroxylation sites is 2. The molecule has 2 heterocycles. The molecule has 0 spiro atoms. The molecule has 0 atom stereocenters. The van der Waals surface area contributed by atoms with Crippen LogP contribution in [-0.4, -0.2) is 59.5 Å². The van der Waals surface area contributed by atoms with Gasteiger partial charge in [0.05, 0.1) is 65.1 Å². The fraction of sp³-hybridized carbons (Fsp3) is 0.500. The lowest BCUT2D eigenvalue weighted by Gasteiger charge is -2.40. The van der Waals surface area contributed by atoms with Crippen LogP contribution < -0.4 is 24.2 Å². The van der Waals surface area contributed by atoms with Gasteiger partial charge >= 0.3 is 0 Å². The number of methoxy groups -OCH3 is 2. The molecule has 156 valence electrons. The van der Waals surface area contributed by atoms with Crippen molar-refractivity contribution in [1.82, 2.24) is 0 Å². The predicted octanol–water partition coefficient (Wildman–Crippen LogP) is 0.656. The maximum atomic E-state index is 5.62. The summed E-state index contributed by atoms with van der Waals surface area (Å²) in [6.07, 6.45) is 2.64. The molecule has 0 aliphatic carbocycles. The first-order valence-corrected chi connectivity index (χ1v) is 11.0. The maximum absolute atomic E-state index is 5.62. The molecular formula is C24H35N3O2+2. The highest BCUT2D eigenvalue weighted by atomic mass is 16.5. The van der Waals surface area contributed by atoms with Crippen LogP contribution in [0.1, 0.15) is 18.4 Å². The molecule has 2 aromatic rings. The predicted molar refractivity (Wildman–Crippen MR) is 116 cm³/mol. The molecule has 0 radical (unpaired) electrons. The SMILES string of the molecule is COc1cccc(C[NH+]2CCC([NH+]3CCN(c4ccccc4)CC3)CC2)c1OC. The molecule has 0 aromatic heterocycles. The number of rotatable bonds is 6. The number of ether oxygens (including phenoxy) is 2. The van der Waals surface area contributed by atoms with Gasteiger partial charge in [0.25, 0.3) is 0 Å². The molecule has 4 rings (SSSR count). The van der Waals surface area contributed by atoms with Crippen molar-refractivity contribution in [2.75, 3.05) is 58.4 Å². The van der Waals surface area contributed by atoms with Crippen LogP contribution in [-0.2, 0) is 6.54 Å². The van der Waals surface area contributed by atoms with Gasteiger partial charge in [0.2, 0.25) is 0 Å². The van der Waals surface area contributed by atoms with Crippen molar-refractivity contribution < 1.29 is 19.3 Å². The second-order valence-corrected chi connectivity index (χ2v) is 8.33. The highest BCUT2D eigenvalue weighted by Crippen LogP contribution is 2.30. The lowest BCUT2D eigenvalue weighted by atomic mass is 10.0. The van der Waals surface area contributed by atoms with Crippen LogP contribution in [0.4, 0.5) is 5.69 Å². The molecule has 5 heteroatoms. The molecule has 0 saturated carbocycles. The minimum Gasteiger partial charge on any atom is -0.493 e. The van der Waals surface area contributed by atoms with E-state index in [1.54, 1.807) is 19.1 Å². The van der Waals surface area contributed by atoms with Gasteiger partial charge in [-0.05, 0) is 24.3 Å². The van der Waals surface area contributed by atoms with Crippen molar-refractivity contribution in [3.8, 4) is 11.5 Å². The van der Waals surface area contributed by atoms with E-state index in [2.05, 4.69) is 47.4 Å². The Balaban J connectivity index is 1.27. The Kier molecular flexibility index (Phi) is 6.57. The quantitative estimate of drug-likeness (QED) is 0.751. The van der Waals surface area contributed by atoms with Crippen molar-refractivity contribution in [3.63, 3.8) is 0 Å². The van der Waals surface area contributed by atoms with Crippen molar-refractivity contribution in [3.05, 3.63) is 54.1 Å². The highest BCUT2D eigenvalue weighted by Gasteiger charge is 2.32. The van der Waals surface area contributed by atoms with Crippen LogP contribution in [0.2, 0.25) is 0 Å². The summed E-state index contributed by atoms with van der Waals surface area (Å²) < 4.78 is 11.1. The van der Waals surface area contributed by atoms with Gasteiger partial charge in [-0.25, -0.2) is 0 Å². The van der Waals surface area contributed by atoms with Gasteiger partial charge < -0.3 is 24.2 Å². The number of hydrogen-bond donors (Lipinski definition) is 2. The second kappa shape index (κ2) is 9.51. The summed E-state index contributed by atoms with van der Waals surface area (Å²) in [5, 5.41) is 0. The summed E-state index contributed by atoms with van der Waals surface area (Å²) in [7, 11) is 3.45. The average molecular weight is 398 g/mol. The van der Waals surface area contributed by atoms with Gasteiger partial charge in [-0.1, -0.05) is 24.3 Å². The first-order chi connectivity index (χ1) is 14.3. The van der Waals surface area contributed by atoms with Crippen molar-refractivity contribution in [1.29, 1.82) is 0 Å². The topological polar surface area (TPSA) is 30.6 Å². The molecular weight excluding hydrogens is 362 g/mol. The van der Waals surface area contributed by atoms with Gasteiger partial charge in [-0.2, -0.15) is 0 Å². The first kappa shape index (κ1) is 20.0. The molecule has 2 aromatic carbocycles. The van der Waals surface area contributed by atoms with E-state index >= 15 is 0 Å². The normalized spacial score (nSPS) is 23.0. The Labute approximate surface area is 174 Å². The van der Waals surface area contributed by atoms with Crippen LogP contribution in [0.15, 0.2) is 48.5 Å². The first-order valence-electron chi connectivity index (χ1n) is 11.0. The van der Waals surface area contributed by atoms with Crippen LogP contribution in [0.5, 0.6) is 11.5 Å². The third-order valence-corrected chi connectivity index (χ3v) is 6.72. The Morgan fingerprint density at radius 2 is 1.59 bits per heavy atom. The number of quaternary nitrogens is 2. The highest BCUT2D eigenvalue weighted by molar-refractivity contribution is 5.46. The zero-order valence-electron chi connectivity index (χ0n) is 17.8. The third-order valence-electron chi connectivity index (χ3n) is 6.72. The van der Waals surface area contributed by atoms with E-state index in [1.165, 1.54) is 63.4 Å². The number of benzene rings is 2. The number of nitrogens with one attached hydrogen (secondary N) is 2. The summed E-state index contributed by atoms with van der Waals surface area (Å²) in [5.74, 6) is 1.73. The second-order valence-electron chi connectivity index (χ2n) is 8.33. The Hall–Kier alpha value is -2.24. The minimum atomic E-state index is 0.823. The minimum absolute atomic E-state index is 0.823. The van der Waals surface area contributed by atoms with Gasteiger partial charge in [-0.15, -0.1) is 0 Å². The van der Waals surface area contributed by atoms with E-state index in [0.717, 1.165) is 24.1 Å². The number of anilines is 1. The number of likely N-dealkylation sites (tertiary alicyclic amines) is 1. The van der Waals surface area contributed by atoms with Crippen LogP contribution in [0, 0.1) is 0 Å². The summed E-state index contributed by atoms with van der Waals surface area (Å²) in [4.78, 5) is 6.02. The monoisotopic (exact) mass is 397 g/mol. The van der Waals surface area contributed by atoms with Gasteiger partial charge in [-0.3, -0.25) is 0 Å². The number of nitrogens with zero attached hydrogens (tertiary/aromatic N) is 1. The summed E-state index contributed by atoms with van der Waals surface area (Å²) >= 11 is 0. The number of hydrogen-bond acceptors (Lipinski definition) is 3. The number of piperidine rings is 1. The molecule has 2 saturated heterocycles. The molecule has 0 bridgehead atoms. The Morgan fingerprint density at radius 3 is 2.24 bits per heavy atom. The number of piperazine rings is 1. The molecule has 0 unspecified atom stereocenters. The van der Waals surface area contributed by atoms with E-state index < -0.39 is 0 Å². The van der Waals surface area contributed by atoms with Gasteiger partial charge in [0.1, 0.15) is 6.54 Å². The fourth-order valence-electron chi connectivity index (χ4n) is 5.07. The molecule has 0 amide bonds. The van der Waals surface area contributed by atoms with Crippen molar-refractivity contribution in [2.45, 2.75) is 25.4 Å². The van der Waals surface area contributed by atoms with Crippen LogP contribution in [0.25, 0.3) is 0 Å². The smallest absolute Gasteiger partial charge is 0.169 e. The Bertz CT molecular complexity index is 767. The van der Waals surface area contributed by atoms with Gasteiger partial charge in [0.15, 0.2) is 11.5 Å². The van der Waals surface area contributed by atoms with Crippen LogP contribution in [0.3, 0.4) is 0 Å². The van der Waals surface area contributed by atoms with E-state index in [0.29, 0.717) is 0 Å². The largest absolute Gasteiger partial charge is 0.493 e. The molecule has 2 aliphatic rings. The lowest BCUT2D eigenvalue weighted by molar-refractivity contribution is -0.963. The maximum Gasteiger partial charge on any atom is 0.169 e. The molecule has 5 nitrogen and oxygen atoms in total. The zero-order valence-corrected chi connectivity index (χ0v) is 17.8. The average Bonchev–Trinajstić information content (AvgIpc) is 2.80. The lowest BCUT2D eigenvalue weighted by Crippen LogP contribution is -3.21. The van der Waals surface area contributed by atoms with E-state index in [-0.39, 0.29) is 0 Å². The molecule has 2 N–H and O–H groups in total. The van der Waals surface area contributed by atoms with Crippen molar-refractivity contribution in [2.24, 2.45) is 0 Å².